The van der Waals surface area contributed by atoms with Gasteiger partial charge in [-0.1, -0.05) is 24.4 Å². The maximum Gasteiger partial charge on any atom is 0.171 e. The molecule has 0 atom stereocenters. The summed E-state index contributed by atoms with van der Waals surface area (Å²) >= 11 is 10.8. The summed E-state index contributed by atoms with van der Waals surface area (Å²) in [5, 5.41) is 6.41. The van der Waals surface area contributed by atoms with Gasteiger partial charge in [0.05, 0.1) is 6.42 Å². The Morgan fingerprint density at radius 3 is 1.56 bits per heavy atom. The molecule has 10 heteroatoms. The molecule has 4 aromatic heterocycles. The molecule has 4 rings (SSSR count). The van der Waals surface area contributed by atoms with Crippen molar-refractivity contribution in [3.05, 3.63) is 56.8 Å². The van der Waals surface area contributed by atoms with Crippen LogP contribution in [0.4, 0.5) is 0 Å². The molecule has 0 fully saturated rings. The summed E-state index contributed by atoms with van der Waals surface area (Å²) in [5.74, 6) is 3.32. The molecule has 0 unspecified atom stereocenters. The molecule has 4 heterocycles. The van der Waals surface area contributed by atoms with Crippen molar-refractivity contribution >= 4 is 24.4 Å². The van der Waals surface area contributed by atoms with E-state index in [0.717, 1.165) is 34.7 Å². The highest BCUT2D eigenvalue weighted by molar-refractivity contribution is 7.71. The average molecular weight is 401 g/mol. The molecule has 0 aliphatic rings. The number of imidazole rings is 2. The van der Waals surface area contributed by atoms with Gasteiger partial charge in [0, 0.05) is 37.9 Å². The SMILES string of the molecule is Cc1cc(=S)n(-c2cn(C)c(Cc3nc(-n4[nH]c(C)cc4=S)cn3C)n2)[nH]1. The Hall–Kier alpha value is -2.72. The van der Waals surface area contributed by atoms with Crippen molar-refractivity contribution < 1.29 is 0 Å². The lowest BCUT2D eigenvalue weighted by Gasteiger charge is -2.01. The van der Waals surface area contributed by atoms with Gasteiger partial charge in [0.15, 0.2) is 11.6 Å². The summed E-state index contributed by atoms with van der Waals surface area (Å²) in [7, 11) is 3.94. The Bertz CT molecular complexity index is 1150. The molecule has 4 aromatic rings. The lowest BCUT2D eigenvalue weighted by Crippen LogP contribution is -2.04. The van der Waals surface area contributed by atoms with Gasteiger partial charge in [-0.05, 0) is 26.0 Å². The van der Waals surface area contributed by atoms with Crippen LogP contribution in [-0.4, -0.2) is 38.7 Å². The zero-order valence-electron chi connectivity index (χ0n) is 15.5. The molecular weight excluding hydrogens is 380 g/mol. The molecule has 27 heavy (non-hydrogen) atoms. The fraction of sp³-hybridized carbons (Fsp3) is 0.294. The topological polar surface area (TPSA) is 77.1 Å². The van der Waals surface area contributed by atoms with Crippen molar-refractivity contribution in [3.63, 3.8) is 0 Å². The Balaban J connectivity index is 1.67. The highest BCUT2D eigenvalue weighted by Gasteiger charge is 2.14. The van der Waals surface area contributed by atoms with Crippen molar-refractivity contribution in [3.8, 4) is 11.6 Å². The fourth-order valence-corrected chi connectivity index (χ4v) is 3.66. The number of aryl methyl sites for hydroxylation is 4. The Labute approximate surface area is 166 Å². The third-order valence-corrected chi connectivity index (χ3v) is 4.99. The lowest BCUT2D eigenvalue weighted by atomic mass is 10.4. The van der Waals surface area contributed by atoms with Crippen LogP contribution in [0, 0.1) is 23.1 Å². The molecule has 0 spiro atoms. The summed E-state index contributed by atoms with van der Waals surface area (Å²) in [6.07, 6.45) is 4.50. The summed E-state index contributed by atoms with van der Waals surface area (Å²) in [6, 6.07) is 3.83. The van der Waals surface area contributed by atoms with Crippen LogP contribution in [-0.2, 0) is 20.5 Å². The van der Waals surface area contributed by atoms with Crippen LogP contribution in [0.2, 0.25) is 0 Å². The van der Waals surface area contributed by atoms with Crippen molar-refractivity contribution in [2.45, 2.75) is 20.3 Å². The van der Waals surface area contributed by atoms with Crippen molar-refractivity contribution in [1.82, 2.24) is 38.7 Å². The van der Waals surface area contributed by atoms with Gasteiger partial charge in [-0.2, -0.15) is 0 Å². The van der Waals surface area contributed by atoms with Gasteiger partial charge < -0.3 is 9.13 Å². The first-order valence-corrected chi connectivity index (χ1v) is 9.26. The Morgan fingerprint density at radius 2 is 1.22 bits per heavy atom. The highest BCUT2D eigenvalue weighted by atomic mass is 32.1. The minimum absolute atomic E-state index is 0.590. The lowest BCUT2D eigenvalue weighted by molar-refractivity contribution is 0.753. The van der Waals surface area contributed by atoms with Crippen LogP contribution in [0.15, 0.2) is 24.5 Å². The van der Waals surface area contributed by atoms with E-state index in [0.29, 0.717) is 15.7 Å². The standard InChI is InChI=1S/C17H20N8S2/c1-10-5-16(26)24(20-10)14-8-22(3)12(18-14)7-13-19-15(9-23(13)4)25-17(27)6-11(2)21-25/h5-6,8-9,20-21H,7H2,1-4H3. The smallest absolute Gasteiger partial charge is 0.171 e. The predicted molar refractivity (Wildman–Crippen MR) is 108 cm³/mol. The molecule has 2 N–H and O–H groups in total. The van der Waals surface area contributed by atoms with Crippen molar-refractivity contribution in [2.75, 3.05) is 0 Å². The van der Waals surface area contributed by atoms with Gasteiger partial charge in [-0.25, -0.2) is 19.3 Å². The normalized spacial score (nSPS) is 11.4. The van der Waals surface area contributed by atoms with Crippen LogP contribution < -0.4 is 0 Å². The largest absolute Gasteiger partial charge is 0.335 e. The molecule has 0 aliphatic heterocycles. The van der Waals surface area contributed by atoms with Crippen LogP contribution in [0.25, 0.3) is 11.6 Å². The summed E-state index contributed by atoms with van der Waals surface area (Å²) < 4.78 is 9.00. The third kappa shape index (κ3) is 3.21. The first-order chi connectivity index (χ1) is 12.8. The number of hydrogen-bond acceptors (Lipinski definition) is 4. The zero-order valence-corrected chi connectivity index (χ0v) is 17.1. The molecular formula is C17H20N8S2. The van der Waals surface area contributed by atoms with E-state index >= 15 is 0 Å². The van der Waals surface area contributed by atoms with E-state index in [1.54, 1.807) is 9.36 Å². The van der Waals surface area contributed by atoms with Crippen LogP contribution in [0.5, 0.6) is 0 Å². The number of rotatable bonds is 4. The summed E-state index contributed by atoms with van der Waals surface area (Å²) in [6.45, 7) is 3.94. The molecule has 0 bridgehead atoms. The molecule has 0 aliphatic carbocycles. The quantitative estimate of drug-likeness (QED) is 0.516. The minimum atomic E-state index is 0.590. The number of nitrogens with one attached hydrogen (secondary N) is 2. The van der Waals surface area contributed by atoms with Crippen molar-refractivity contribution in [2.24, 2.45) is 14.1 Å². The predicted octanol–water partition coefficient (Wildman–Crippen LogP) is 3.06. The molecule has 0 aromatic carbocycles. The van der Waals surface area contributed by atoms with Crippen LogP contribution >= 0.6 is 24.4 Å². The van der Waals surface area contributed by atoms with E-state index in [1.807, 2.05) is 61.6 Å². The first kappa shape index (κ1) is 17.7. The maximum absolute atomic E-state index is 5.38. The van der Waals surface area contributed by atoms with Gasteiger partial charge >= 0.3 is 0 Å². The van der Waals surface area contributed by atoms with Crippen LogP contribution in [0.3, 0.4) is 0 Å². The number of aromatic amines is 2. The maximum atomic E-state index is 5.38. The van der Waals surface area contributed by atoms with Gasteiger partial charge in [-0.3, -0.25) is 10.2 Å². The number of hydrogen-bond donors (Lipinski definition) is 2. The van der Waals surface area contributed by atoms with E-state index in [9.17, 15) is 0 Å². The molecule has 0 radical (unpaired) electrons. The van der Waals surface area contributed by atoms with Gasteiger partial charge in [0.25, 0.3) is 0 Å². The number of H-pyrrole nitrogens is 2. The molecule has 0 saturated carbocycles. The van der Waals surface area contributed by atoms with E-state index in [4.69, 9.17) is 34.4 Å². The van der Waals surface area contributed by atoms with E-state index in [2.05, 4.69) is 10.2 Å². The van der Waals surface area contributed by atoms with Crippen molar-refractivity contribution in [1.29, 1.82) is 0 Å². The number of aromatic nitrogens is 8. The molecule has 0 amide bonds. The van der Waals surface area contributed by atoms with Gasteiger partial charge in [0.1, 0.15) is 20.9 Å². The molecule has 140 valence electrons. The highest BCUT2D eigenvalue weighted by Crippen LogP contribution is 2.15. The molecule has 8 nitrogen and oxygen atoms in total. The second-order valence-corrected chi connectivity index (χ2v) is 7.49. The van der Waals surface area contributed by atoms with Gasteiger partial charge in [0.2, 0.25) is 0 Å². The number of nitrogens with zero attached hydrogens (tertiary/aromatic N) is 6. The van der Waals surface area contributed by atoms with E-state index < -0.39 is 0 Å². The zero-order chi connectivity index (χ0) is 19.3. The van der Waals surface area contributed by atoms with Gasteiger partial charge in [-0.15, -0.1) is 0 Å². The van der Waals surface area contributed by atoms with Crippen LogP contribution in [0.1, 0.15) is 23.0 Å². The first-order valence-electron chi connectivity index (χ1n) is 8.44. The Kier molecular flexibility index (Phi) is 4.23. The second kappa shape index (κ2) is 6.46. The van der Waals surface area contributed by atoms with E-state index in [1.165, 1.54) is 0 Å². The minimum Gasteiger partial charge on any atom is -0.335 e. The third-order valence-electron chi connectivity index (χ3n) is 4.39. The average Bonchev–Trinajstić information content (AvgIpc) is 3.30. The summed E-state index contributed by atoms with van der Waals surface area (Å²) in [4.78, 5) is 9.47. The fourth-order valence-electron chi connectivity index (χ4n) is 3.03. The summed E-state index contributed by atoms with van der Waals surface area (Å²) in [5.41, 5.74) is 2.00. The van der Waals surface area contributed by atoms with E-state index in [-0.39, 0.29) is 0 Å². The Morgan fingerprint density at radius 1 is 0.815 bits per heavy atom. The monoisotopic (exact) mass is 400 g/mol. The second-order valence-electron chi connectivity index (χ2n) is 6.65. The molecule has 0 saturated heterocycles.